The molecular formula is C13H23N3O. The van der Waals surface area contributed by atoms with Crippen LogP contribution in [0, 0.1) is 5.92 Å². The molecule has 0 aliphatic heterocycles. The predicted octanol–water partition coefficient (Wildman–Crippen LogP) is 2.84. The summed E-state index contributed by atoms with van der Waals surface area (Å²) in [4.78, 5) is 4.09. The lowest BCUT2D eigenvalue weighted by molar-refractivity contribution is 0.226. The molecule has 4 N–H and O–H groups in total. The number of aromatic nitrogens is 1. The first kappa shape index (κ1) is 13.6. The van der Waals surface area contributed by atoms with Gasteiger partial charge in [-0.2, -0.15) is 4.98 Å². The molecule has 1 aromatic rings. The first-order valence-corrected chi connectivity index (χ1v) is 6.32. The van der Waals surface area contributed by atoms with Crippen LogP contribution in [0.15, 0.2) is 12.1 Å². The van der Waals surface area contributed by atoms with Crippen LogP contribution in [0.4, 0.5) is 11.5 Å². The maximum Gasteiger partial charge on any atom is 0.215 e. The fraction of sp³-hybridized carbons (Fsp3) is 0.615. The summed E-state index contributed by atoms with van der Waals surface area (Å²) in [5.41, 5.74) is 11.7. The summed E-state index contributed by atoms with van der Waals surface area (Å²) >= 11 is 0. The van der Waals surface area contributed by atoms with E-state index < -0.39 is 0 Å². The van der Waals surface area contributed by atoms with Crippen molar-refractivity contribution in [1.82, 2.24) is 4.98 Å². The summed E-state index contributed by atoms with van der Waals surface area (Å²) in [7, 11) is 0. The van der Waals surface area contributed by atoms with Crippen molar-refractivity contribution in [2.75, 3.05) is 18.1 Å². The third kappa shape index (κ3) is 4.51. The molecule has 0 aromatic carbocycles. The van der Waals surface area contributed by atoms with Crippen molar-refractivity contribution in [1.29, 1.82) is 0 Å². The molecule has 1 atom stereocenters. The van der Waals surface area contributed by atoms with Gasteiger partial charge in [0, 0.05) is 6.07 Å². The second-order valence-electron chi connectivity index (χ2n) is 4.35. The van der Waals surface area contributed by atoms with Gasteiger partial charge in [0.2, 0.25) is 5.88 Å². The number of hydrogen-bond donors (Lipinski definition) is 2. The fourth-order valence-corrected chi connectivity index (χ4v) is 1.65. The average Bonchev–Trinajstić information content (AvgIpc) is 2.34. The van der Waals surface area contributed by atoms with E-state index in [4.69, 9.17) is 16.2 Å². The minimum absolute atomic E-state index is 0.337. The smallest absolute Gasteiger partial charge is 0.215 e. The summed E-state index contributed by atoms with van der Waals surface area (Å²) in [5.74, 6) is 1.49. The molecule has 1 aromatic heterocycles. The molecule has 0 aliphatic carbocycles. The Balaban J connectivity index is 2.45. The van der Waals surface area contributed by atoms with Gasteiger partial charge in [-0.05, 0) is 18.4 Å². The van der Waals surface area contributed by atoms with Gasteiger partial charge in [-0.25, -0.2) is 0 Å². The van der Waals surface area contributed by atoms with Gasteiger partial charge in [-0.1, -0.05) is 33.1 Å². The first-order valence-electron chi connectivity index (χ1n) is 6.32. The highest BCUT2D eigenvalue weighted by molar-refractivity contribution is 5.58. The van der Waals surface area contributed by atoms with E-state index >= 15 is 0 Å². The van der Waals surface area contributed by atoms with E-state index in [1.165, 1.54) is 19.3 Å². The Morgan fingerprint density at radius 1 is 1.29 bits per heavy atom. The number of ether oxygens (including phenoxy) is 1. The molecule has 4 heteroatoms. The molecule has 0 saturated heterocycles. The zero-order chi connectivity index (χ0) is 12.7. The van der Waals surface area contributed by atoms with Crippen LogP contribution in [0.2, 0.25) is 0 Å². The molecule has 0 amide bonds. The summed E-state index contributed by atoms with van der Waals surface area (Å²) in [6.07, 6.45) is 4.81. The van der Waals surface area contributed by atoms with Crippen molar-refractivity contribution in [2.45, 2.75) is 39.5 Å². The van der Waals surface area contributed by atoms with E-state index in [1.54, 1.807) is 12.1 Å². The van der Waals surface area contributed by atoms with E-state index in [9.17, 15) is 0 Å². The van der Waals surface area contributed by atoms with Gasteiger partial charge < -0.3 is 16.2 Å². The molecule has 0 bridgehead atoms. The van der Waals surface area contributed by atoms with E-state index in [1.807, 2.05) is 0 Å². The second kappa shape index (κ2) is 6.99. The lowest BCUT2D eigenvalue weighted by Crippen LogP contribution is -2.12. The predicted molar refractivity (Wildman–Crippen MR) is 71.9 cm³/mol. The number of nitrogen functional groups attached to an aromatic ring is 2. The molecule has 1 unspecified atom stereocenters. The van der Waals surface area contributed by atoms with E-state index in [0.29, 0.717) is 29.9 Å². The van der Waals surface area contributed by atoms with Gasteiger partial charge in [0.05, 0.1) is 12.3 Å². The van der Waals surface area contributed by atoms with Crippen LogP contribution in [0.3, 0.4) is 0 Å². The molecule has 0 saturated carbocycles. The third-order valence-electron chi connectivity index (χ3n) is 2.94. The molecule has 1 heterocycles. The number of nitrogens with zero attached hydrogens (tertiary/aromatic N) is 1. The summed E-state index contributed by atoms with van der Waals surface area (Å²) in [5, 5.41) is 0. The molecule has 1 rings (SSSR count). The highest BCUT2D eigenvalue weighted by Crippen LogP contribution is 2.19. The Hall–Kier alpha value is -1.45. The molecule has 0 spiro atoms. The standard InChI is InChI=1S/C13H23N3O/c1-3-5-6-10(4-2)9-17-12-8-7-11(14)13(15)16-12/h7-8,10H,3-6,9,14H2,1-2H3,(H2,15,16). The molecule has 96 valence electrons. The Morgan fingerprint density at radius 2 is 2.06 bits per heavy atom. The second-order valence-corrected chi connectivity index (χ2v) is 4.35. The van der Waals surface area contributed by atoms with Crippen LogP contribution in [-0.2, 0) is 0 Å². The van der Waals surface area contributed by atoms with Crippen molar-refractivity contribution in [3.63, 3.8) is 0 Å². The van der Waals surface area contributed by atoms with Crippen molar-refractivity contribution in [3.05, 3.63) is 12.1 Å². The lowest BCUT2D eigenvalue weighted by Gasteiger charge is -2.15. The van der Waals surface area contributed by atoms with Crippen LogP contribution in [-0.4, -0.2) is 11.6 Å². The quantitative estimate of drug-likeness (QED) is 0.764. The van der Waals surface area contributed by atoms with Gasteiger partial charge >= 0.3 is 0 Å². The van der Waals surface area contributed by atoms with Gasteiger partial charge in [0.15, 0.2) is 5.82 Å². The summed E-state index contributed by atoms with van der Waals surface area (Å²) < 4.78 is 5.65. The molecule has 0 fully saturated rings. The molecule has 0 aliphatic rings. The molecule has 4 nitrogen and oxygen atoms in total. The number of pyridine rings is 1. The van der Waals surface area contributed by atoms with Gasteiger partial charge in [0.25, 0.3) is 0 Å². The molecule has 0 radical (unpaired) electrons. The number of hydrogen-bond acceptors (Lipinski definition) is 4. The monoisotopic (exact) mass is 237 g/mol. The lowest BCUT2D eigenvalue weighted by atomic mass is 10.0. The summed E-state index contributed by atoms with van der Waals surface area (Å²) in [6, 6.07) is 3.49. The zero-order valence-electron chi connectivity index (χ0n) is 10.8. The highest BCUT2D eigenvalue weighted by atomic mass is 16.5. The first-order chi connectivity index (χ1) is 8.17. The SMILES string of the molecule is CCCCC(CC)COc1ccc(N)c(N)n1. The number of rotatable bonds is 7. The van der Waals surface area contributed by atoms with Crippen LogP contribution in [0.5, 0.6) is 5.88 Å². The van der Waals surface area contributed by atoms with Crippen molar-refractivity contribution >= 4 is 11.5 Å². The maximum absolute atomic E-state index is 5.65. The van der Waals surface area contributed by atoms with Crippen molar-refractivity contribution in [3.8, 4) is 5.88 Å². The van der Waals surface area contributed by atoms with Crippen LogP contribution >= 0.6 is 0 Å². The Kier molecular flexibility index (Phi) is 5.60. The normalized spacial score (nSPS) is 12.4. The maximum atomic E-state index is 5.65. The van der Waals surface area contributed by atoms with E-state index in [0.717, 1.165) is 6.42 Å². The highest BCUT2D eigenvalue weighted by Gasteiger charge is 2.08. The topological polar surface area (TPSA) is 74.2 Å². The van der Waals surface area contributed by atoms with Crippen LogP contribution in [0.25, 0.3) is 0 Å². The minimum Gasteiger partial charge on any atom is -0.477 e. The fourth-order valence-electron chi connectivity index (χ4n) is 1.65. The summed E-state index contributed by atoms with van der Waals surface area (Å²) in [6.45, 7) is 5.09. The van der Waals surface area contributed by atoms with Gasteiger partial charge in [-0.3, -0.25) is 0 Å². The number of unbranched alkanes of at least 4 members (excludes halogenated alkanes) is 1. The third-order valence-corrected chi connectivity index (χ3v) is 2.94. The van der Waals surface area contributed by atoms with Crippen LogP contribution < -0.4 is 16.2 Å². The van der Waals surface area contributed by atoms with Gasteiger partial charge in [-0.15, -0.1) is 0 Å². The van der Waals surface area contributed by atoms with E-state index in [-0.39, 0.29) is 0 Å². The van der Waals surface area contributed by atoms with E-state index in [2.05, 4.69) is 18.8 Å². The van der Waals surface area contributed by atoms with Gasteiger partial charge in [0.1, 0.15) is 0 Å². The minimum atomic E-state index is 0.337. The number of nitrogens with two attached hydrogens (primary N) is 2. The zero-order valence-corrected chi connectivity index (χ0v) is 10.8. The Labute approximate surface area is 103 Å². The average molecular weight is 237 g/mol. The Bertz CT molecular complexity index is 341. The molecule has 17 heavy (non-hydrogen) atoms. The number of anilines is 2. The Morgan fingerprint density at radius 3 is 2.65 bits per heavy atom. The van der Waals surface area contributed by atoms with Crippen LogP contribution in [0.1, 0.15) is 39.5 Å². The molecular weight excluding hydrogens is 214 g/mol. The van der Waals surface area contributed by atoms with Crippen molar-refractivity contribution in [2.24, 2.45) is 5.92 Å². The largest absolute Gasteiger partial charge is 0.477 e. The van der Waals surface area contributed by atoms with Crippen molar-refractivity contribution < 1.29 is 4.74 Å².